The highest BCUT2D eigenvalue weighted by molar-refractivity contribution is 8.19. The average Bonchev–Trinajstić information content (AvgIpc) is 2.89. The molecule has 23 heavy (non-hydrogen) atoms. The molecule has 1 spiro atoms. The van der Waals surface area contributed by atoms with Gasteiger partial charge in [-0.1, -0.05) is 31.0 Å². The van der Waals surface area contributed by atoms with Gasteiger partial charge in [-0.15, -0.1) is 23.5 Å². The third-order valence-corrected chi connectivity index (χ3v) is 9.21. The van der Waals surface area contributed by atoms with E-state index in [2.05, 4.69) is 46.6 Å². The lowest BCUT2D eigenvalue weighted by Crippen LogP contribution is -2.53. The van der Waals surface area contributed by atoms with Crippen LogP contribution in [0.25, 0.3) is 5.70 Å². The van der Waals surface area contributed by atoms with Gasteiger partial charge in [0.05, 0.1) is 9.78 Å². The lowest BCUT2D eigenvalue weighted by atomic mass is 9.78. The van der Waals surface area contributed by atoms with E-state index < -0.39 is 0 Å². The molecule has 1 aromatic rings. The Labute approximate surface area is 146 Å². The van der Waals surface area contributed by atoms with Crippen LogP contribution in [0.4, 0.5) is 0 Å². The molecule has 2 atom stereocenters. The lowest BCUT2D eigenvalue weighted by Gasteiger charge is -2.52. The van der Waals surface area contributed by atoms with Crippen molar-refractivity contribution in [2.75, 3.05) is 11.5 Å². The Balaban J connectivity index is 1.69. The fraction of sp³-hybridized carbons (Fsp3) is 0.526. The summed E-state index contributed by atoms with van der Waals surface area (Å²) in [5.74, 6) is 3.38. The molecule has 2 nitrogen and oxygen atoms in total. The van der Waals surface area contributed by atoms with Crippen molar-refractivity contribution in [3.63, 3.8) is 0 Å². The van der Waals surface area contributed by atoms with Gasteiger partial charge in [0.2, 0.25) is 0 Å². The van der Waals surface area contributed by atoms with Gasteiger partial charge in [-0.25, -0.2) is 0 Å². The second-order valence-corrected chi connectivity index (χ2v) is 9.98. The summed E-state index contributed by atoms with van der Waals surface area (Å²) in [6, 6.07) is 8.60. The molecule has 1 saturated carbocycles. The zero-order valence-electron chi connectivity index (χ0n) is 13.2. The van der Waals surface area contributed by atoms with E-state index in [0.29, 0.717) is 12.0 Å². The summed E-state index contributed by atoms with van der Waals surface area (Å²) in [7, 11) is 0. The molecule has 5 rings (SSSR count). The summed E-state index contributed by atoms with van der Waals surface area (Å²) in [5.41, 5.74) is 3.27. The smallest absolute Gasteiger partial charge is 0.259 e. The van der Waals surface area contributed by atoms with Crippen LogP contribution in [0, 0.1) is 5.92 Å². The van der Waals surface area contributed by atoms with Gasteiger partial charge >= 0.3 is 0 Å². The van der Waals surface area contributed by atoms with E-state index in [4.69, 9.17) is 0 Å². The van der Waals surface area contributed by atoms with E-state index in [-0.39, 0.29) is 9.99 Å². The topological polar surface area (TPSA) is 20.3 Å². The molecule has 1 amide bonds. The first-order chi connectivity index (χ1) is 11.3. The van der Waals surface area contributed by atoms with E-state index in [1.54, 1.807) is 0 Å². The molecule has 1 aromatic carbocycles. The first-order valence-corrected chi connectivity index (χ1v) is 10.7. The van der Waals surface area contributed by atoms with Crippen molar-refractivity contribution in [3.05, 3.63) is 41.5 Å². The number of carbonyl (C=O) groups excluding carboxylic acids is 1. The van der Waals surface area contributed by atoms with Crippen LogP contribution in [-0.4, -0.2) is 32.4 Å². The minimum Gasteiger partial charge on any atom is -0.305 e. The van der Waals surface area contributed by atoms with Crippen LogP contribution >= 0.6 is 23.5 Å². The standard InChI is InChI=1S/C19H21NOS2/c21-18-14-7-2-1-6-13(14)17-12-19(22-10-5-11-23-19)15-8-3-4-9-16(15)20(17)18/h1-2,6-7,12,15-16H,3-5,8-11H2. The minimum atomic E-state index is 0.201. The molecule has 1 saturated heterocycles. The zero-order chi connectivity index (χ0) is 15.4. The molecule has 4 heteroatoms. The summed E-state index contributed by atoms with van der Waals surface area (Å²) in [6.45, 7) is 0. The minimum absolute atomic E-state index is 0.201. The molecule has 0 N–H and O–H groups in total. The van der Waals surface area contributed by atoms with Gasteiger partial charge in [0.25, 0.3) is 5.91 Å². The lowest BCUT2D eigenvalue weighted by molar-refractivity contribution is 0.0694. The van der Waals surface area contributed by atoms with Gasteiger partial charge in [0.15, 0.2) is 0 Å². The highest BCUT2D eigenvalue weighted by Crippen LogP contribution is 2.59. The van der Waals surface area contributed by atoms with Crippen LogP contribution in [0.3, 0.4) is 0 Å². The Morgan fingerprint density at radius 2 is 1.74 bits per heavy atom. The Bertz CT molecular complexity index is 692. The third kappa shape index (κ3) is 2.00. The Hall–Kier alpha value is -0.870. The molecule has 3 aliphatic heterocycles. The number of fused-ring (bicyclic) bond motifs is 6. The molecular formula is C19H21NOS2. The van der Waals surface area contributed by atoms with Gasteiger partial charge in [-0.05, 0) is 42.9 Å². The highest BCUT2D eigenvalue weighted by atomic mass is 32.2. The Kier molecular flexibility index (Phi) is 3.35. The predicted molar refractivity (Wildman–Crippen MR) is 98.6 cm³/mol. The Morgan fingerprint density at radius 3 is 2.57 bits per heavy atom. The van der Waals surface area contributed by atoms with E-state index in [1.807, 2.05) is 12.1 Å². The Morgan fingerprint density at radius 1 is 1.00 bits per heavy atom. The van der Waals surface area contributed by atoms with Crippen molar-refractivity contribution >= 4 is 35.1 Å². The fourth-order valence-corrected chi connectivity index (χ4v) is 8.39. The number of rotatable bonds is 0. The highest BCUT2D eigenvalue weighted by Gasteiger charge is 2.53. The van der Waals surface area contributed by atoms with Gasteiger partial charge in [-0.3, -0.25) is 4.79 Å². The summed E-state index contributed by atoms with van der Waals surface area (Å²) >= 11 is 4.29. The quantitative estimate of drug-likeness (QED) is 0.685. The van der Waals surface area contributed by atoms with Crippen LogP contribution in [0.1, 0.15) is 48.0 Å². The van der Waals surface area contributed by atoms with Gasteiger partial charge in [0, 0.05) is 23.1 Å². The van der Waals surface area contributed by atoms with Crippen molar-refractivity contribution in [3.8, 4) is 0 Å². The first-order valence-electron chi connectivity index (χ1n) is 8.74. The monoisotopic (exact) mass is 343 g/mol. The van der Waals surface area contributed by atoms with Crippen molar-refractivity contribution in [2.24, 2.45) is 5.92 Å². The van der Waals surface area contributed by atoms with Gasteiger partial charge in [0.1, 0.15) is 0 Å². The number of amides is 1. The number of benzene rings is 1. The number of hydrogen-bond acceptors (Lipinski definition) is 3. The van der Waals surface area contributed by atoms with Crippen LogP contribution in [0.15, 0.2) is 30.3 Å². The maximum absolute atomic E-state index is 13.0. The summed E-state index contributed by atoms with van der Waals surface area (Å²) < 4.78 is 0.201. The third-order valence-electron chi connectivity index (χ3n) is 5.77. The molecule has 0 aromatic heterocycles. The predicted octanol–water partition coefficient (Wildman–Crippen LogP) is 4.62. The molecule has 4 aliphatic rings. The largest absolute Gasteiger partial charge is 0.305 e. The van der Waals surface area contributed by atoms with Crippen LogP contribution in [-0.2, 0) is 0 Å². The summed E-state index contributed by atoms with van der Waals surface area (Å²) in [5, 5.41) is 0. The normalized spacial score (nSPS) is 31.4. The van der Waals surface area contributed by atoms with Crippen molar-refractivity contribution < 1.29 is 4.79 Å². The fourth-order valence-electron chi connectivity index (χ4n) is 4.79. The SMILES string of the molecule is O=C1c2ccccc2C2=CC3(SCCCS3)C3CCCCC3N12. The summed E-state index contributed by atoms with van der Waals surface area (Å²) in [6.07, 6.45) is 8.82. The van der Waals surface area contributed by atoms with Crippen molar-refractivity contribution in [1.82, 2.24) is 4.90 Å². The van der Waals surface area contributed by atoms with Crippen LogP contribution in [0.5, 0.6) is 0 Å². The van der Waals surface area contributed by atoms with Gasteiger partial charge in [-0.2, -0.15) is 0 Å². The molecule has 1 aliphatic carbocycles. The molecule has 120 valence electrons. The number of hydrogen-bond donors (Lipinski definition) is 0. The maximum Gasteiger partial charge on any atom is 0.259 e. The second kappa shape index (κ2) is 5.32. The van der Waals surface area contributed by atoms with E-state index >= 15 is 0 Å². The van der Waals surface area contributed by atoms with Gasteiger partial charge < -0.3 is 4.90 Å². The van der Waals surface area contributed by atoms with E-state index in [9.17, 15) is 4.79 Å². The number of nitrogens with zero attached hydrogens (tertiary/aromatic N) is 1. The first kappa shape index (κ1) is 14.5. The van der Waals surface area contributed by atoms with E-state index in [0.717, 1.165) is 11.1 Å². The van der Waals surface area contributed by atoms with Crippen LogP contribution < -0.4 is 0 Å². The van der Waals surface area contributed by atoms with Crippen molar-refractivity contribution in [2.45, 2.75) is 42.2 Å². The van der Waals surface area contributed by atoms with E-state index in [1.165, 1.54) is 49.3 Å². The molecule has 0 radical (unpaired) electrons. The number of thioether (sulfide) groups is 2. The summed E-state index contributed by atoms with van der Waals surface area (Å²) in [4.78, 5) is 15.2. The molecule has 2 fully saturated rings. The molecular weight excluding hydrogens is 322 g/mol. The zero-order valence-corrected chi connectivity index (χ0v) is 14.8. The maximum atomic E-state index is 13.0. The molecule has 0 bridgehead atoms. The van der Waals surface area contributed by atoms with Crippen molar-refractivity contribution in [1.29, 1.82) is 0 Å². The average molecular weight is 344 g/mol. The second-order valence-electron chi connectivity index (χ2n) is 6.98. The molecule has 3 heterocycles. The molecule has 2 unspecified atom stereocenters. The number of carbonyl (C=O) groups is 1. The van der Waals surface area contributed by atoms with Crippen LogP contribution in [0.2, 0.25) is 0 Å².